The summed E-state index contributed by atoms with van der Waals surface area (Å²) in [6.07, 6.45) is 1.24. The summed E-state index contributed by atoms with van der Waals surface area (Å²) in [5, 5.41) is 5.41. The number of thiocarbonyl (C=S) groups is 1. The van der Waals surface area contributed by atoms with Crippen molar-refractivity contribution in [3.05, 3.63) is 0 Å². The number of thioether (sulfide) groups is 1. The van der Waals surface area contributed by atoms with Gasteiger partial charge in [0.05, 0.1) is 5.49 Å². The van der Waals surface area contributed by atoms with Crippen LogP contribution in [-0.2, 0) is 0 Å². The summed E-state index contributed by atoms with van der Waals surface area (Å²) in [5.41, 5.74) is 5.30. The van der Waals surface area contributed by atoms with Gasteiger partial charge in [-0.3, -0.25) is 10.3 Å². The second kappa shape index (κ2) is 7.40. The molecule has 0 aromatic carbocycles. The van der Waals surface area contributed by atoms with Crippen LogP contribution in [0.2, 0.25) is 0 Å². The molecule has 0 aromatic rings. The number of rotatable bonds is 6. The highest BCUT2D eigenvalue weighted by Crippen LogP contribution is 2.15. The molecule has 1 aliphatic rings. The first-order chi connectivity index (χ1) is 7.24. The summed E-state index contributed by atoms with van der Waals surface area (Å²) < 4.78 is 0. The second-order valence-electron chi connectivity index (χ2n) is 3.75. The molecule has 2 N–H and O–H groups in total. The molecule has 0 aromatic heterocycles. The molecule has 1 atom stereocenters. The minimum absolute atomic E-state index is 0.290. The first-order valence-corrected chi connectivity index (χ1v) is 6.73. The van der Waals surface area contributed by atoms with E-state index >= 15 is 0 Å². The van der Waals surface area contributed by atoms with E-state index in [4.69, 9.17) is 12.2 Å². The van der Waals surface area contributed by atoms with E-state index in [9.17, 15) is 0 Å². The predicted molar refractivity (Wildman–Crippen MR) is 70.9 cm³/mol. The summed E-state index contributed by atoms with van der Waals surface area (Å²) in [5.74, 6) is 1.20. The third-order valence-electron chi connectivity index (χ3n) is 2.14. The van der Waals surface area contributed by atoms with Gasteiger partial charge in [-0.25, -0.2) is 5.43 Å². The van der Waals surface area contributed by atoms with Gasteiger partial charge in [0.1, 0.15) is 5.50 Å². The Hall–Kier alpha value is 0.120. The molecule has 0 spiro atoms. The van der Waals surface area contributed by atoms with Gasteiger partial charge >= 0.3 is 0 Å². The van der Waals surface area contributed by atoms with Crippen molar-refractivity contribution in [2.45, 2.75) is 11.9 Å². The first-order valence-electron chi connectivity index (χ1n) is 5.21. The minimum atomic E-state index is 0.290. The van der Waals surface area contributed by atoms with Gasteiger partial charge in [0.25, 0.3) is 0 Å². The van der Waals surface area contributed by atoms with Crippen molar-refractivity contribution in [2.24, 2.45) is 0 Å². The predicted octanol–water partition coefficient (Wildman–Crippen LogP) is 0.322. The van der Waals surface area contributed by atoms with Crippen LogP contribution in [-0.4, -0.2) is 60.4 Å². The van der Waals surface area contributed by atoms with Crippen LogP contribution in [0.25, 0.3) is 0 Å². The SMILES string of the molecule is CN(C)CCNN(C=S)C1NCCCS1. The van der Waals surface area contributed by atoms with Gasteiger partial charge < -0.3 is 4.90 Å². The van der Waals surface area contributed by atoms with E-state index in [1.807, 2.05) is 16.8 Å². The monoisotopic (exact) mass is 248 g/mol. The van der Waals surface area contributed by atoms with Crippen molar-refractivity contribution in [2.75, 3.05) is 39.5 Å². The van der Waals surface area contributed by atoms with Gasteiger partial charge in [0.2, 0.25) is 0 Å². The molecule has 0 aliphatic carbocycles. The van der Waals surface area contributed by atoms with Crippen molar-refractivity contribution in [1.82, 2.24) is 20.7 Å². The van der Waals surface area contributed by atoms with E-state index < -0.39 is 0 Å². The van der Waals surface area contributed by atoms with Crippen molar-refractivity contribution in [3.63, 3.8) is 0 Å². The molecule has 0 bridgehead atoms. The zero-order chi connectivity index (χ0) is 11.1. The standard InChI is InChI=1S/C9H20N4S2/c1-12(2)6-5-11-13(8-14)9-10-4-3-7-15-9/h8-11H,3-7H2,1-2H3. The van der Waals surface area contributed by atoms with Gasteiger partial charge in [-0.1, -0.05) is 12.2 Å². The van der Waals surface area contributed by atoms with Crippen molar-refractivity contribution < 1.29 is 0 Å². The largest absolute Gasteiger partial charge is 0.308 e. The van der Waals surface area contributed by atoms with Crippen molar-refractivity contribution >= 4 is 29.5 Å². The van der Waals surface area contributed by atoms with Crippen LogP contribution in [0.5, 0.6) is 0 Å². The van der Waals surface area contributed by atoms with Gasteiger partial charge in [-0.2, -0.15) is 0 Å². The average molecular weight is 248 g/mol. The Bertz CT molecular complexity index is 183. The molecule has 1 heterocycles. The van der Waals surface area contributed by atoms with Crippen LogP contribution in [0.15, 0.2) is 0 Å². The summed E-state index contributed by atoms with van der Waals surface area (Å²) in [7, 11) is 4.13. The second-order valence-corrected chi connectivity index (χ2v) is 5.15. The molecule has 88 valence electrons. The molecule has 1 aliphatic heterocycles. The zero-order valence-electron chi connectivity index (χ0n) is 9.40. The van der Waals surface area contributed by atoms with Gasteiger partial charge in [-0.15, -0.1) is 11.8 Å². The lowest BCUT2D eigenvalue weighted by Crippen LogP contribution is -2.52. The molecule has 1 saturated heterocycles. The van der Waals surface area contributed by atoms with Crippen LogP contribution < -0.4 is 10.7 Å². The Morgan fingerprint density at radius 1 is 1.60 bits per heavy atom. The van der Waals surface area contributed by atoms with Crippen LogP contribution in [0.4, 0.5) is 0 Å². The van der Waals surface area contributed by atoms with Gasteiger partial charge in [-0.05, 0) is 32.8 Å². The molecular formula is C9H20N4S2. The average Bonchev–Trinajstić information content (AvgIpc) is 2.25. The topological polar surface area (TPSA) is 30.5 Å². The summed E-state index contributed by atoms with van der Waals surface area (Å²) in [6, 6.07) is 0. The normalized spacial score (nSPS) is 21.7. The molecule has 4 nitrogen and oxygen atoms in total. The van der Waals surface area contributed by atoms with Gasteiger partial charge in [0, 0.05) is 13.1 Å². The lowest BCUT2D eigenvalue weighted by Gasteiger charge is -2.33. The van der Waals surface area contributed by atoms with E-state index in [2.05, 4.69) is 29.7 Å². The van der Waals surface area contributed by atoms with E-state index in [-0.39, 0.29) is 0 Å². The Kier molecular flexibility index (Phi) is 6.51. The van der Waals surface area contributed by atoms with Crippen LogP contribution in [0, 0.1) is 0 Å². The fourth-order valence-electron chi connectivity index (χ4n) is 1.31. The van der Waals surface area contributed by atoms with Crippen molar-refractivity contribution in [1.29, 1.82) is 0 Å². The van der Waals surface area contributed by atoms with E-state index in [1.165, 1.54) is 12.2 Å². The molecule has 1 unspecified atom stereocenters. The molecule has 1 fully saturated rings. The summed E-state index contributed by atoms with van der Waals surface area (Å²) in [4.78, 5) is 2.15. The smallest absolute Gasteiger partial charge is 0.143 e. The Morgan fingerprint density at radius 2 is 2.40 bits per heavy atom. The Balaban J connectivity index is 2.24. The lowest BCUT2D eigenvalue weighted by atomic mass is 10.5. The molecule has 0 amide bonds. The summed E-state index contributed by atoms with van der Waals surface area (Å²) >= 11 is 6.90. The number of nitrogens with one attached hydrogen (secondary N) is 2. The molecule has 6 heteroatoms. The highest BCUT2D eigenvalue weighted by atomic mass is 32.2. The number of hydrogen-bond donors (Lipinski definition) is 2. The lowest BCUT2D eigenvalue weighted by molar-refractivity contribution is 0.252. The highest BCUT2D eigenvalue weighted by Gasteiger charge is 2.17. The van der Waals surface area contributed by atoms with E-state index in [0.29, 0.717) is 5.50 Å². The molecule has 0 saturated carbocycles. The molecule has 0 radical (unpaired) electrons. The quantitative estimate of drug-likeness (QED) is 0.520. The minimum Gasteiger partial charge on any atom is -0.308 e. The highest BCUT2D eigenvalue weighted by molar-refractivity contribution is 7.99. The number of hydrogen-bond acceptors (Lipinski definition) is 5. The number of likely N-dealkylation sites (N-methyl/N-ethyl adjacent to an activating group) is 1. The third-order valence-corrected chi connectivity index (χ3v) is 3.60. The molecular weight excluding hydrogens is 228 g/mol. The van der Waals surface area contributed by atoms with Gasteiger partial charge in [0.15, 0.2) is 0 Å². The summed E-state index contributed by atoms with van der Waals surface area (Å²) in [6.45, 7) is 3.00. The van der Waals surface area contributed by atoms with E-state index in [0.717, 1.165) is 19.6 Å². The van der Waals surface area contributed by atoms with Crippen LogP contribution in [0.3, 0.4) is 0 Å². The number of nitrogens with zero attached hydrogens (tertiary/aromatic N) is 2. The van der Waals surface area contributed by atoms with E-state index in [1.54, 1.807) is 5.49 Å². The Labute approximate surface area is 102 Å². The van der Waals surface area contributed by atoms with Crippen LogP contribution in [0.1, 0.15) is 6.42 Å². The van der Waals surface area contributed by atoms with Crippen LogP contribution >= 0.6 is 24.0 Å². The fraction of sp³-hybridized carbons (Fsp3) is 0.889. The number of hydrazine groups is 1. The fourth-order valence-corrected chi connectivity index (χ4v) is 2.65. The first kappa shape index (κ1) is 13.2. The molecule has 15 heavy (non-hydrogen) atoms. The van der Waals surface area contributed by atoms with Crippen molar-refractivity contribution in [3.8, 4) is 0 Å². The zero-order valence-corrected chi connectivity index (χ0v) is 11.0. The molecule has 1 rings (SSSR count). The maximum absolute atomic E-state index is 5.00. The third kappa shape index (κ3) is 5.12. The Morgan fingerprint density at radius 3 is 2.93 bits per heavy atom. The maximum Gasteiger partial charge on any atom is 0.143 e. The maximum atomic E-state index is 5.00.